The van der Waals surface area contributed by atoms with Crippen LogP contribution in [-0.2, 0) is 14.6 Å². The molecule has 2 N–H and O–H groups in total. The quantitative estimate of drug-likeness (QED) is 0.544. The van der Waals surface area contributed by atoms with Crippen molar-refractivity contribution in [1.29, 1.82) is 5.26 Å². The van der Waals surface area contributed by atoms with Crippen molar-refractivity contribution in [3.63, 3.8) is 0 Å². The van der Waals surface area contributed by atoms with Gasteiger partial charge in [-0.1, -0.05) is 50.2 Å². The van der Waals surface area contributed by atoms with E-state index in [1.54, 1.807) is 32.0 Å². The fourth-order valence-corrected chi connectivity index (χ4v) is 4.28. The summed E-state index contributed by atoms with van der Waals surface area (Å²) in [6, 6.07) is 9.79. The third kappa shape index (κ3) is 6.79. The average molecular weight is 482 g/mol. The van der Waals surface area contributed by atoms with Gasteiger partial charge in [0, 0.05) is 6.26 Å². The van der Waals surface area contributed by atoms with Crippen molar-refractivity contribution < 1.29 is 26.4 Å². The van der Waals surface area contributed by atoms with Crippen LogP contribution < -0.4 is 5.73 Å². The van der Waals surface area contributed by atoms with E-state index in [1.807, 2.05) is 0 Å². The van der Waals surface area contributed by atoms with Crippen LogP contribution in [0.5, 0.6) is 0 Å². The Morgan fingerprint density at radius 2 is 1.55 bits per heavy atom. The molecule has 0 radical (unpaired) electrons. The van der Waals surface area contributed by atoms with E-state index in [2.05, 4.69) is 0 Å². The number of halogens is 3. The van der Waals surface area contributed by atoms with Gasteiger partial charge in [-0.05, 0) is 41.2 Å². The molecule has 2 atom stereocenters. The van der Waals surface area contributed by atoms with Crippen LogP contribution in [0.25, 0.3) is 11.1 Å². The van der Waals surface area contributed by atoms with Gasteiger partial charge in [-0.2, -0.15) is 18.4 Å². The third-order valence-corrected chi connectivity index (χ3v) is 6.29. The predicted octanol–water partition coefficient (Wildman–Crippen LogP) is 4.09. The fourth-order valence-electron chi connectivity index (χ4n) is 3.65. The lowest BCUT2D eigenvalue weighted by atomic mass is 9.95. The molecule has 0 heterocycles. The van der Waals surface area contributed by atoms with Gasteiger partial charge < -0.3 is 5.73 Å². The summed E-state index contributed by atoms with van der Waals surface area (Å²) < 4.78 is 65.7. The maximum atomic E-state index is 14.2. The monoisotopic (exact) mass is 481 g/mol. The van der Waals surface area contributed by atoms with Crippen molar-refractivity contribution in [1.82, 2.24) is 4.90 Å². The molecule has 0 aliphatic rings. The number of carbonyl (C=O) groups is 1. The second-order valence-corrected chi connectivity index (χ2v) is 10.3. The first-order chi connectivity index (χ1) is 15.3. The number of sulfone groups is 1. The van der Waals surface area contributed by atoms with Crippen LogP contribution in [0.4, 0.5) is 13.2 Å². The van der Waals surface area contributed by atoms with Gasteiger partial charge in [0.1, 0.15) is 6.04 Å². The summed E-state index contributed by atoms with van der Waals surface area (Å²) >= 11 is 0. The number of nitriles is 1. The van der Waals surface area contributed by atoms with Gasteiger partial charge in [-0.3, -0.25) is 9.69 Å². The average Bonchev–Trinajstić information content (AvgIpc) is 2.70. The minimum atomic E-state index is -4.76. The van der Waals surface area contributed by atoms with E-state index in [0.717, 1.165) is 11.2 Å². The standard InChI is InChI=1S/C23H26F3N3O3S/c1-15(2)14-20(22(28)30)29(13-12-27)21(23(24,25)26)18-6-4-16(5-7-18)17-8-10-19(11-9-17)33(3,31)32/h4-11,15,20-21H,13-14H2,1-3H3,(H2,28,30)/t20-,21?/m0/s1. The molecule has 2 aromatic rings. The number of rotatable bonds is 9. The van der Waals surface area contributed by atoms with Crippen molar-refractivity contribution in [2.24, 2.45) is 11.7 Å². The number of hydrogen-bond donors (Lipinski definition) is 1. The van der Waals surface area contributed by atoms with Gasteiger partial charge in [0.15, 0.2) is 9.84 Å². The molecule has 6 nitrogen and oxygen atoms in total. The number of benzene rings is 2. The predicted molar refractivity (Wildman–Crippen MR) is 119 cm³/mol. The molecule has 2 aromatic carbocycles. The summed E-state index contributed by atoms with van der Waals surface area (Å²) in [5.74, 6) is -1.04. The van der Waals surface area contributed by atoms with Gasteiger partial charge >= 0.3 is 6.18 Å². The molecule has 0 fully saturated rings. The Kier molecular flexibility index (Phi) is 8.27. The van der Waals surface area contributed by atoms with Crippen molar-refractivity contribution in [3.05, 3.63) is 54.1 Å². The second kappa shape index (κ2) is 10.4. The third-order valence-electron chi connectivity index (χ3n) is 5.16. The maximum absolute atomic E-state index is 14.2. The molecular formula is C23H26F3N3O3S. The van der Waals surface area contributed by atoms with Crippen molar-refractivity contribution in [2.45, 2.75) is 43.4 Å². The molecule has 10 heteroatoms. The minimum Gasteiger partial charge on any atom is -0.368 e. The number of alkyl halides is 3. The number of primary amides is 1. The highest BCUT2D eigenvalue weighted by molar-refractivity contribution is 7.90. The molecule has 0 bridgehead atoms. The Labute approximate surface area is 191 Å². The van der Waals surface area contributed by atoms with Crippen LogP contribution in [0.3, 0.4) is 0 Å². The van der Waals surface area contributed by atoms with E-state index >= 15 is 0 Å². The lowest BCUT2D eigenvalue weighted by Gasteiger charge is -2.37. The Morgan fingerprint density at radius 1 is 1.06 bits per heavy atom. The zero-order chi connectivity index (χ0) is 25.0. The smallest absolute Gasteiger partial charge is 0.368 e. The van der Waals surface area contributed by atoms with Gasteiger partial charge in [-0.25, -0.2) is 8.42 Å². The lowest BCUT2D eigenvalue weighted by Crippen LogP contribution is -2.51. The van der Waals surface area contributed by atoms with Crippen molar-refractivity contribution >= 4 is 15.7 Å². The molecule has 0 aliphatic heterocycles. The number of nitrogens with two attached hydrogens (primary N) is 1. The largest absolute Gasteiger partial charge is 0.408 e. The SMILES string of the molecule is CC(C)C[C@@H](C(N)=O)N(CC#N)C(c1ccc(-c2ccc(S(C)(=O)=O)cc2)cc1)C(F)(F)F. The topological polar surface area (TPSA) is 104 Å². The van der Waals surface area contributed by atoms with Gasteiger partial charge in [-0.15, -0.1) is 0 Å². The molecule has 1 amide bonds. The Bertz CT molecular complexity index is 1110. The van der Waals surface area contributed by atoms with Crippen LogP contribution in [0.1, 0.15) is 31.9 Å². The van der Waals surface area contributed by atoms with Crippen LogP contribution in [-0.4, -0.2) is 44.2 Å². The maximum Gasteiger partial charge on any atom is 0.408 e. The summed E-state index contributed by atoms with van der Waals surface area (Å²) in [4.78, 5) is 13.0. The van der Waals surface area contributed by atoms with E-state index < -0.39 is 40.5 Å². The first-order valence-corrected chi connectivity index (χ1v) is 12.0. The van der Waals surface area contributed by atoms with Gasteiger partial charge in [0.25, 0.3) is 0 Å². The normalized spacial score (nSPS) is 14.2. The summed E-state index contributed by atoms with van der Waals surface area (Å²) in [7, 11) is -3.37. The van der Waals surface area contributed by atoms with E-state index in [4.69, 9.17) is 5.73 Å². The van der Waals surface area contributed by atoms with Crippen molar-refractivity contribution in [2.75, 3.05) is 12.8 Å². The number of carbonyl (C=O) groups excluding carboxylic acids is 1. The van der Waals surface area contributed by atoms with Gasteiger partial charge in [0.05, 0.1) is 23.6 Å². The van der Waals surface area contributed by atoms with E-state index in [-0.39, 0.29) is 22.8 Å². The zero-order valence-electron chi connectivity index (χ0n) is 18.5. The summed E-state index contributed by atoms with van der Waals surface area (Å²) in [6.07, 6.45) is -3.60. The van der Waals surface area contributed by atoms with Crippen LogP contribution in [0.15, 0.2) is 53.4 Å². The molecule has 1 unspecified atom stereocenters. The molecule has 0 aliphatic carbocycles. The summed E-state index contributed by atoms with van der Waals surface area (Å²) in [6.45, 7) is 2.89. The fraction of sp³-hybridized carbons (Fsp3) is 0.391. The Morgan fingerprint density at radius 3 is 1.91 bits per heavy atom. The number of amides is 1. The molecule has 33 heavy (non-hydrogen) atoms. The highest BCUT2D eigenvalue weighted by Crippen LogP contribution is 2.40. The van der Waals surface area contributed by atoms with E-state index in [9.17, 15) is 31.6 Å². The van der Waals surface area contributed by atoms with Crippen LogP contribution >= 0.6 is 0 Å². The molecule has 0 aromatic heterocycles. The molecule has 2 rings (SSSR count). The summed E-state index contributed by atoms with van der Waals surface area (Å²) in [5.41, 5.74) is 6.49. The Hall–Kier alpha value is -2.90. The first-order valence-electron chi connectivity index (χ1n) is 10.1. The highest BCUT2D eigenvalue weighted by atomic mass is 32.2. The molecule has 0 saturated carbocycles. The van der Waals surface area contributed by atoms with E-state index in [0.29, 0.717) is 11.1 Å². The molecule has 0 saturated heterocycles. The van der Waals surface area contributed by atoms with Crippen molar-refractivity contribution in [3.8, 4) is 17.2 Å². The van der Waals surface area contributed by atoms with E-state index in [1.165, 1.54) is 36.4 Å². The highest BCUT2D eigenvalue weighted by Gasteiger charge is 2.47. The second-order valence-electron chi connectivity index (χ2n) is 8.24. The Balaban J connectivity index is 2.47. The molecule has 178 valence electrons. The lowest BCUT2D eigenvalue weighted by molar-refractivity contribution is -0.192. The van der Waals surface area contributed by atoms with Crippen LogP contribution in [0, 0.1) is 17.2 Å². The van der Waals surface area contributed by atoms with Gasteiger partial charge in [0.2, 0.25) is 5.91 Å². The first kappa shape index (κ1) is 26.4. The number of nitrogens with zero attached hydrogens (tertiary/aromatic N) is 2. The number of hydrogen-bond acceptors (Lipinski definition) is 5. The minimum absolute atomic E-state index is 0.0777. The van der Waals surface area contributed by atoms with Crippen LogP contribution in [0.2, 0.25) is 0 Å². The molecule has 0 spiro atoms. The summed E-state index contributed by atoms with van der Waals surface area (Å²) in [5, 5.41) is 9.18. The molecular weight excluding hydrogens is 455 g/mol. The zero-order valence-corrected chi connectivity index (χ0v) is 19.3.